The SMILES string of the molecule is O=c1[nH]c(=O)c2cccc(Cl)c2[nH]1. The standard InChI is InChI=1S/C8H5ClN2O2/c9-5-3-1-2-4-6(5)10-8(13)11-7(4)12/h1-3H,(H2,10,11,12,13). The Labute approximate surface area is 77.2 Å². The van der Waals surface area contributed by atoms with Crippen LogP contribution < -0.4 is 11.2 Å². The van der Waals surface area contributed by atoms with Gasteiger partial charge in [-0.05, 0) is 12.1 Å². The van der Waals surface area contributed by atoms with Crippen LogP contribution in [0.5, 0.6) is 0 Å². The molecule has 0 saturated carbocycles. The molecule has 1 aromatic carbocycles. The summed E-state index contributed by atoms with van der Waals surface area (Å²) in [5.41, 5.74) is -0.607. The van der Waals surface area contributed by atoms with Crippen molar-refractivity contribution in [1.29, 1.82) is 0 Å². The minimum absolute atomic E-state index is 0.362. The fourth-order valence-electron chi connectivity index (χ4n) is 1.16. The molecule has 2 N–H and O–H groups in total. The quantitative estimate of drug-likeness (QED) is 0.657. The Morgan fingerprint density at radius 3 is 2.69 bits per heavy atom. The zero-order valence-electron chi connectivity index (χ0n) is 6.43. The largest absolute Gasteiger partial charge is 0.326 e. The van der Waals surface area contributed by atoms with Gasteiger partial charge < -0.3 is 4.98 Å². The monoisotopic (exact) mass is 196 g/mol. The number of benzene rings is 1. The third-order valence-electron chi connectivity index (χ3n) is 1.72. The van der Waals surface area contributed by atoms with E-state index >= 15 is 0 Å². The number of aromatic amines is 2. The van der Waals surface area contributed by atoms with Gasteiger partial charge in [0.2, 0.25) is 0 Å². The highest BCUT2D eigenvalue weighted by Gasteiger charge is 2.02. The van der Waals surface area contributed by atoms with Gasteiger partial charge in [-0.3, -0.25) is 9.78 Å². The fourth-order valence-corrected chi connectivity index (χ4v) is 1.38. The molecule has 0 aliphatic heterocycles. The van der Waals surface area contributed by atoms with Crippen molar-refractivity contribution in [2.24, 2.45) is 0 Å². The van der Waals surface area contributed by atoms with Crippen LogP contribution in [0.15, 0.2) is 27.8 Å². The lowest BCUT2D eigenvalue weighted by Gasteiger charge is -1.96. The van der Waals surface area contributed by atoms with Crippen LogP contribution in [0, 0.1) is 0 Å². The molecule has 5 heteroatoms. The topological polar surface area (TPSA) is 65.7 Å². The van der Waals surface area contributed by atoms with Crippen molar-refractivity contribution in [2.75, 3.05) is 0 Å². The molecular weight excluding hydrogens is 192 g/mol. The van der Waals surface area contributed by atoms with Gasteiger partial charge in [-0.1, -0.05) is 17.7 Å². The van der Waals surface area contributed by atoms with Gasteiger partial charge in [0.1, 0.15) is 0 Å². The number of halogens is 1. The average Bonchev–Trinajstić information content (AvgIpc) is 2.07. The highest BCUT2D eigenvalue weighted by molar-refractivity contribution is 6.34. The molecule has 0 spiro atoms. The molecule has 0 saturated heterocycles. The summed E-state index contributed by atoms with van der Waals surface area (Å²) < 4.78 is 0. The third-order valence-corrected chi connectivity index (χ3v) is 2.04. The Morgan fingerprint density at radius 1 is 1.15 bits per heavy atom. The van der Waals surface area contributed by atoms with E-state index in [4.69, 9.17) is 11.6 Å². The summed E-state index contributed by atoms with van der Waals surface area (Å²) in [6.45, 7) is 0. The smallest absolute Gasteiger partial charge is 0.305 e. The number of fused-ring (bicyclic) bond motifs is 1. The molecule has 0 bridgehead atoms. The Bertz CT molecular complexity index is 570. The van der Waals surface area contributed by atoms with Gasteiger partial charge in [0.05, 0.1) is 15.9 Å². The molecule has 1 heterocycles. The number of nitrogens with one attached hydrogen (secondary N) is 2. The fraction of sp³-hybridized carbons (Fsp3) is 0. The molecule has 1 aromatic heterocycles. The van der Waals surface area contributed by atoms with Crippen molar-refractivity contribution >= 4 is 22.5 Å². The lowest BCUT2D eigenvalue weighted by molar-refractivity contribution is 1.08. The van der Waals surface area contributed by atoms with Gasteiger partial charge >= 0.3 is 5.69 Å². The zero-order valence-corrected chi connectivity index (χ0v) is 7.18. The van der Waals surface area contributed by atoms with Crippen molar-refractivity contribution in [3.63, 3.8) is 0 Å². The first kappa shape index (κ1) is 8.07. The van der Waals surface area contributed by atoms with Crippen LogP contribution in [0.3, 0.4) is 0 Å². The van der Waals surface area contributed by atoms with E-state index in [9.17, 15) is 9.59 Å². The summed E-state index contributed by atoms with van der Waals surface area (Å²) in [4.78, 5) is 26.7. The third kappa shape index (κ3) is 1.25. The van der Waals surface area contributed by atoms with E-state index in [0.29, 0.717) is 15.9 Å². The van der Waals surface area contributed by atoms with Crippen molar-refractivity contribution in [3.8, 4) is 0 Å². The summed E-state index contributed by atoms with van der Waals surface area (Å²) in [6, 6.07) is 4.85. The van der Waals surface area contributed by atoms with Crippen LogP contribution >= 0.6 is 11.6 Å². The van der Waals surface area contributed by atoms with E-state index in [1.165, 1.54) is 0 Å². The number of aromatic nitrogens is 2. The first-order chi connectivity index (χ1) is 6.18. The molecule has 4 nitrogen and oxygen atoms in total. The predicted octanol–water partition coefficient (Wildman–Crippen LogP) is 0.870. The second-order valence-corrected chi connectivity index (χ2v) is 2.98. The summed E-state index contributed by atoms with van der Waals surface area (Å²) in [6.07, 6.45) is 0. The average molecular weight is 197 g/mol. The first-order valence-corrected chi connectivity index (χ1v) is 3.97. The minimum atomic E-state index is -0.550. The van der Waals surface area contributed by atoms with E-state index < -0.39 is 11.2 Å². The van der Waals surface area contributed by atoms with Crippen LogP contribution in [0.4, 0.5) is 0 Å². The molecule has 0 fully saturated rings. The predicted molar refractivity (Wildman–Crippen MR) is 50.2 cm³/mol. The van der Waals surface area contributed by atoms with Crippen molar-refractivity contribution in [1.82, 2.24) is 9.97 Å². The maximum atomic E-state index is 11.2. The van der Waals surface area contributed by atoms with Crippen LogP contribution in [0.2, 0.25) is 5.02 Å². The highest BCUT2D eigenvalue weighted by Crippen LogP contribution is 2.16. The Balaban J connectivity index is 3.12. The Hall–Kier alpha value is -1.55. The molecule has 0 aliphatic carbocycles. The van der Waals surface area contributed by atoms with E-state index in [1.54, 1.807) is 18.2 Å². The van der Waals surface area contributed by atoms with E-state index in [-0.39, 0.29) is 0 Å². The molecule has 0 radical (unpaired) electrons. The van der Waals surface area contributed by atoms with E-state index in [1.807, 2.05) is 0 Å². The van der Waals surface area contributed by atoms with Crippen LogP contribution in [0.1, 0.15) is 0 Å². The molecule has 2 rings (SSSR count). The summed E-state index contributed by atoms with van der Waals surface area (Å²) >= 11 is 5.78. The molecular formula is C8H5ClN2O2. The number of para-hydroxylation sites is 1. The molecule has 0 aliphatic rings. The Morgan fingerprint density at radius 2 is 1.92 bits per heavy atom. The van der Waals surface area contributed by atoms with Crippen molar-refractivity contribution in [2.45, 2.75) is 0 Å². The maximum Gasteiger partial charge on any atom is 0.326 e. The number of hydrogen-bond acceptors (Lipinski definition) is 2. The summed E-state index contributed by atoms with van der Waals surface area (Å²) in [5.74, 6) is 0. The van der Waals surface area contributed by atoms with E-state index in [0.717, 1.165) is 0 Å². The molecule has 13 heavy (non-hydrogen) atoms. The summed E-state index contributed by atoms with van der Waals surface area (Å²) in [5, 5.41) is 0.743. The van der Waals surface area contributed by atoms with E-state index in [2.05, 4.69) is 9.97 Å². The number of hydrogen-bond donors (Lipinski definition) is 2. The lowest BCUT2D eigenvalue weighted by Crippen LogP contribution is -2.21. The molecule has 66 valence electrons. The lowest BCUT2D eigenvalue weighted by atomic mass is 10.2. The van der Waals surface area contributed by atoms with Crippen LogP contribution in [-0.4, -0.2) is 9.97 Å². The van der Waals surface area contributed by atoms with Crippen LogP contribution in [-0.2, 0) is 0 Å². The van der Waals surface area contributed by atoms with Gasteiger partial charge in [0, 0.05) is 0 Å². The number of H-pyrrole nitrogens is 2. The van der Waals surface area contributed by atoms with Gasteiger partial charge in [-0.15, -0.1) is 0 Å². The molecule has 0 unspecified atom stereocenters. The van der Waals surface area contributed by atoms with Crippen molar-refractivity contribution in [3.05, 3.63) is 44.1 Å². The normalized spacial score (nSPS) is 10.5. The van der Waals surface area contributed by atoms with Gasteiger partial charge in [-0.2, -0.15) is 0 Å². The van der Waals surface area contributed by atoms with Gasteiger partial charge in [-0.25, -0.2) is 4.79 Å². The molecule has 0 atom stereocenters. The second kappa shape index (κ2) is 2.74. The molecule has 0 amide bonds. The first-order valence-electron chi connectivity index (χ1n) is 3.59. The van der Waals surface area contributed by atoms with Crippen LogP contribution in [0.25, 0.3) is 10.9 Å². The van der Waals surface area contributed by atoms with Crippen molar-refractivity contribution < 1.29 is 0 Å². The zero-order chi connectivity index (χ0) is 9.42. The maximum absolute atomic E-state index is 11.2. The second-order valence-electron chi connectivity index (χ2n) is 2.57. The number of rotatable bonds is 0. The Kier molecular flexibility index (Phi) is 1.70. The van der Waals surface area contributed by atoms with Gasteiger partial charge in [0.15, 0.2) is 0 Å². The highest BCUT2D eigenvalue weighted by atomic mass is 35.5. The van der Waals surface area contributed by atoms with Gasteiger partial charge in [0.25, 0.3) is 5.56 Å². The summed E-state index contributed by atoms with van der Waals surface area (Å²) in [7, 11) is 0. The molecule has 2 aromatic rings. The minimum Gasteiger partial charge on any atom is -0.305 e.